The number of benzene rings is 1. The van der Waals surface area contributed by atoms with Crippen molar-refractivity contribution in [3.63, 3.8) is 0 Å². The highest BCUT2D eigenvalue weighted by molar-refractivity contribution is 7.99. The quantitative estimate of drug-likeness (QED) is 0.502. The summed E-state index contributed by atoms with van der Waals surface area (Å²) in [6, 6.07) is 7.71. The zero-order chi connectivity index (χ0) is 17.9. The van der Waals surface area contributed by atoms with E-state index < -0.39 is 0 Å². The lowest BCUT2D eigenvalue weighted by atomic mass is 10.1. The van der Waals surface area contributed by atoms with E-state index >= 15 is 0 Å². The van der Waals surface area contributed by atoms with Crippen LogP contribution in [-0.4, -0.2) is 38.4 Å². The van der Waals surface area contributed by atoms with Crippen molar-refractivity contribution >= 4 is 40.6 Å². The number of rotatable bonds is 6. The van der Waals surface area contributed by atoms with Crippen LogP contribution in [0.25, 0.3) is 5.00 Å². The summed E-state index contributed by atoms with van der Waals surface area (Å²) in [6.07, 6.45) is 4.60. The molecule has 0 fully saturated rings. The molecule has 0 saturated carbocycles. The van der Waals surface area contributed by atoms with Gasteiger partial charge in [0, 0.05) is 27.1 Å². The number of tetrazole rings is 1. The minimum absolute atomic E-state index is 0.0494. The number of aryl methyl sites for hydroxylation is 1. The maximum atomic E-state index is 12.8. The number of thioether (sulfide) groups is 1. The van der Waals surface area contributed by atoms with Crippen molar-refractivity contribution in [2.45, 2.75) is 24.2 Å². The summed E-state index contributed by atoms with van der Waals surface area (Å²) in [7, 11) is 0. The van der Waals surface area contributed by atoms with Crippen LogP contribution in [0.1, 0.15) is 27.2 Å². The van der Waals surface area contributed by atoms with Crippen LogP contribution >= 0.6 is 34.7 Å². The first-order valence-electron chi connectivity index (χ1n) is 8.27. The van der Waals surface area contributed by atoms with Crippen LogP contribution in [-0.2, 0) is 12.8 Å². The fraction of sp³-hybridized carbons (Fsp3) is 0.294. The third kappa shape index (κ3) is 3.62. The molecule has 0 unspecified atom stereocenters. The van der Waals surface area contributed by atoms with Crippen molar-refractivity contribution in [1.29, 1.82) is 0 Å². The van der Waals surface area contributed by atoms with Crippen molar-refractivity contribution in [1.82, 2.24) is 25.5 Å². The van der Waals surface area contributed by atoms with Crippen LogP contribution < -0.4 is 5.32 Å². The van der Waals surface area contributed by atoms with Gasteiger partial charge in [-0.05, 0) is 59.5 Å². The van der Waals surface area contributed by atoms with Crippen molar-refractivity contribution < 1.29 is 4.79 Å². The largest absolute Gasteiger partial charge is 0.351 e. The second-order valence-corrected chi connectivity index (χ2v) is 8.54. The zero-order valence-electron chi connectivity index (χ0n) is 13.8. The third-order valence-corrected chi connectivity index (χ3v) is 6.70. The molecule has 3 aromatic rings. The Balaban J connectivity index is 1.42. The molecule has 0 bridgehead atoms. The predicted molar refractivity (Wildman–Crippen MR) is 104 cm³/mol. The molecule has 2 heterocycles. The lowest BCUT2D eigenvalue weighted by molar-refractivity contribution is 0.0955. The summed E-state index contributed by atoms with van der Waals surface area (Å²) in [5.74, 6) is 0.742. The van der Waals surface area contributed by atoms with E-state index in [0.29, 0.717) is 6.54 Å². The van der Waals surface area contributed by atoms with Crippen LogP contribution in [0.3, 0.4) is 0 Å². The molecule has 1 aliphatic rings. The summed E-state index contributed by atoms with van der Waals surface area (Å²) in [5.41, 5.74) is 1.88. The average molecular weight is 406 g/mol. The Morgan fingerprint density at radius 2 is 2.15 bits per heavy atom. The highest BCUT2D eigenvalue weighted by Crippen LogP contribution is 2.37. The maximum absolute atomic E-state index is 12.8. The summed E-state index contributed by atoms with van der Waals surface area (Å²) in [5, 5.41) is 15.9. The van der Waals surface area contributed by atoms with Gasteiger partial charge in [-0.3, -0.25) is 4.79 Å². The van der Waals surface area contributed by atoms with Gasteiger partial charge in [-0.1, -0.05) is 11.6 Å². The monoisotopic (exact) mass is 405 g/mol. The van der Waals surface area contributed by atoms with Gasteiger partial charge in [-0.25, -0.2) is 0 Å². The van der Waals surface area contributed by atoms with E-state index in [4.69, 9.17) is 11.6 Å². The van der Waals surface area contributed by atoms with Crippen molar-refractivity contribution in [2.75, 3.05) is 12.3 Å². The topological polar surface area (TPSA) is 72.7 Å². The molecule has 0 saturated heterocycles. The lowest BCUT2D eigenvalue weighted by Gasteiger charge is -2.08. The first-order chi connectivity index (χ1) is 12.7. The third-order valence-electron chi connectivity index (χ3n) is 4.16. The van der Waals surface area contributed by atoms with Crippen LogP contribution in [0.15, 0.2) is 35.5 Å². The number of hydrogen-bond acceptors (Lipinski definition) is 6. The van der Waals surface area contributed by atoms with E-state index in [9.17, 15) is 4.79 Å². The molecule has 2 aromatic heterocycles. The van der Waals surface area contributed by atoms with E-state index in [1.54, 1.807) is 27.8 Å². The van der Waals surface area contributed by atoms with Gasteiger partial charge in [-0.15, -0.1) is 28.2 Å². The smallest absolute Gasteiger partial charge is 0.254 e. The Kier molecular flexibility index (Phi) is 5.23. The summed E-state index contributed by atoms with van der Waals surface area (Å²) < 4.78 is 1.58. The normalized spacial score (nSPS) is 13.0. The van der Waals surface area contributed by atoms with E-state index in [-0.39, 0.29) is 5.91 Å². The molecule has 26 heavy (non-hydrogen) atoms. The van der Waals surface area contributed by atoms with Gasteiger partial charge in [-0.2, -0.15) is 4.68 Å². The minimum atomic E-state index is -0.0494. The minimum Gasteiger partial charge on any atom is -0.351 e. The molecule has 4 rings (SSSR count). The van der Waals surface area contributed by atoms with Gasteiger partial charge in [0.15, 0.2) is 0 Å². The van der Waals surface area contributed by atoms with Crippen LogP contribution in [0.5, 0.6) is 0 Å². The van der Waals surface area contributed by atoms with Crippen LogP contribution in [0.4, 0.5) is 0 Å². The highest BCUT2D eigenvalue weighted by atomic mass is 35.5. The number of thiophene rings is 1. The number of fused-ring (bicyclic) bond motifs is 1. The van der Waals surface area contributed by atoms with Gasteiger partial charge in [0.1, 0.15) is 11.3 Å². The molecule has 1 aliphatic carbocycles. The van der Waals surface area contributed by atoms with Gasteiger partial charge in [0.05, 0.1) is 5.56 Å². The van der Waals surface area contributed by atoms with Crippen molar-refractivity contribution in [3.8, 4) is 5.00 Å². The van der Waals surface area contributed by atoms with Gasteiger partial charge in [0.2, 0.25) is 0 Å². The standard InChI is InChI=1S/C17H16ClN5OS2/c18-11-4-6-12(7-5-11)25-9-8-19-16(24)15-13-2-1-3-14(13)26-17(15)23-10-20-21-22-23/h4-7,10H,1-3,8-9H2,(H,19,24). The average Bonchev–Trinajstić information content (AvgIpc) is 3.35. The second kappa shape index (κ2) is 7.77. The van der Waals surface area contributed by atoms with Crippen LogP contribution in [0.2, 0.25) is 5.02 Å². The Labute approximate surface area is 163 Å². The molecule has 0 atom stereocenters. The fourth-order valence-electron chi connectivity index (χ4n) is 2.99. The fourth-order valence-corrected chi connectivity index (χ4v) is 5.19. The van der Waals surface area contributed by atoms with E-state index in [1.165, 1.54) is 11.2 Å². The van der Waals surface area contributed by atoms with Gasteiger partial charge >= 0.3 is 0 Å². The van der Waals surface area contributed by atoms with Gasteiger partial charge < -0.3 is 5.32 Å². The zero-order valence-corrected chi connectivity index (χ0v) is 16.2. The van der Waals surface area contributed by atoms with E-state index in [0.717, 1.165) is 51.1 Å². The summed E-state index contributed by atoms with van der Waals surface area (Å²) in [6.45, 7) is 0.589. The number of carbonyl (C=O) groups excluding carboxylic acids is 1. The highest BCUT2D eigenvalue weighted by Gasteiger charge is 2.27. The number of carbonyl (C=O) groups is 1. The molecule has 9 heteroatoms. The Morgan fingerprint density at radius 1 is 1.31 bits per heavy atom. The predicted octanol–water partition coefficient (Wildman–Crippen LogP) is 3.39. The molecular formula is C17H16ClN5OS2. The number of aromatic nitrogens is 4. The van der Waals surface area contributed by atoms with Crippen molar-refractivity contribution in [2.24, 2.45) is 0 Å². The van der Waals surface area contributed by atoms with E-state index in [2.05, 4.69) is 20.8 Å². The number of hydrogen-bond donors (Lipinski definition) is 1. The molecule has 134 valence electrons. The summed E-state index contributed by atoms with van der Waals surface area (Å²) in [4.78, 5) is 15.2. The first-order valence-corrected chi connectivity index (χ1v) is 10.4. The molecule has 0 aliphatic heterocycles. The van der Waals surface area contributed by atoms with Crippen LogP contribution in [0, 0.1) is 0 Å². The lowest BCUT2D eigenvalue weighted by Crippen LogP contribution is -2.27. The molecule has 6 nitrogen and oxygen atoms in total. The molecule has 1 aromatic carbocycles. The second-order valence-electron chi connectivity index (χ2n) is 5.85. The van der Waals surface area contributed by atoms with E-state index in [1.807, 2.05) is 24.3 Å². The summed E-state index contributed by atoms with van der Waals surface area (Å²) >= 11 is 9.20. The van der Waals surface area contributed by atoms with Gasteiger partial charge in [0.25, 0.3) is 5.91 Å². The molecule has 0 radical (unpaired) electrons. The Morgan fingerprint density at radius 3 is 2.92 bits per heavy atom. The SMILES string of the molecule is O=C(NCCSc1ccc(Cl)cc1)c1c(-n2cnnn2)sc2c1CCC2. The Hall–Kier alpha value is -1.90. The molecule has 1 amide bonds. The molecular weight excluding hydrogens is 390 g/mol. The molecule has 1 N–H and O–H groups in total. The molecule has 0 spiro atoms. The number of nitrogens with one attached hydrogen (secondary N) is 1. The number of amides is 1. The Bertz CT molecular complexity index is 908. The van der Waals surface area contributed by atoms with Crippen molar-refractivity contribution in [3.05, 3.63) is 51.6 Å². The number of nitrogens with zero attached hydrogens (tertiary/aromatic N) is 4. The number of halogens is 1. The first kappa shape index (κ1) is 17.5. The maximum Gasteiger partial charge on any atom is 0.254 e.